The lowest BCUT2D eigenvalue weighted by Crippen LogP contribution is -2.12. The van der Waals surface area contributed by atoms with Crippen LogP contribution in [0.2, 0.25) is 0 Å². The zero-order valence-corrected chi connectivity index (χ0v) is 13.7. The first kappa shape index (κ1) is 15.6. The Labute approximate surface area is 137 Å². The minimum absolute atomic E-state index is 0.284. The maximum atomic E-state index is 11.0. The molecule has 23 heavy (non-hydrogen) atoms. The molecule has 0 spiro atoms. The third-order valence-electron chi connectivity index (χ3n) is 4.46. The van der Waals surface area contributed by atoms with Crippen molar-refractivity contribution in [2.75, 3.05) is 7.11 Å². The van der Waals surface area contributed by atoms with Crippen molar-refractivity contribution in [2.45, 2.75) is 38.5 Å². The number of aryl methyl sites for hydroxylation is 1. The highest BCUT2D eigenvalue weighted by atomic mass is 16.5. The van der Waals surface area contributed by atoms with Gasteiger partial charge in [-0.3, -0.25) is 4.79 Å². The molecule has 0 N–H and O–H groups in total. The van der Waals surface area contributed by atoms with Crippen LogP contribution in [-0.2, 0) is 17.6 Å². The molecule has 0 fully saturated rings. The fourth-order valence-corrected chi connectivity index (χ4v) is 3.37. The Kier molecular flexibility index (Phi) is 4.65. The van der Waals surface area contributed by atoms with E-state index in [1.165, 1.54) is 36.5 Å². The minimum Gasteiger partial charge on any atom is -0.497 e. The molecule has 120 valence electrons. The highest BCUT2D eigenvalue weighted by Crippen LogP contribution is 2.36. The highest BCUT2D eigenvalue weighted by molar-refractivity contribution is 5.69. The number of rotatable bonds is 4. The summed E-state index contributed by atoms with van der Waals surface area (Å²) in [4.78, 5) is 11.0. The first-order valence-corrected chi connectivity index (χ1v) is 8.10. The smallest absolute Gasteiger partial charge is 0.308 e. The van der Waals surface area contributed by atoms with Gasteiger partial charge < -0.3 is 9.47 Å². The lowest BCUT2D eigenvalue weighted by Gasteiger charge is -2.26. The van der Waals surface area contributed by atoms with Gasteiger partial charge in [-0.15, -0.1) is 0 Å². The van der Waals surface area contributed by atoms with E-state index in [0.29, 0.717) is 11.7 Å². The molecular weight excluding hydrogens is 288 g/mol. The predicted molar refractivity (Wildman–Crippen MR) is 90.1 cm³/mol. The fraction of sp³-hybridized carbons (Fsp3) is 0.350. The second-order valence-corrected chi connectivity index (χ2v) is 6.10. The number of hydrogen-bond donors (Lipinski definition) is 0. The van der Waals surface area contributed by atoms with Gasteiger partial charge in [0.2, 0.25) is 0 Å². The van der Waals surface area contributed by atoms with Gasteiger partial charge in [-0.1, -0.05) is 18.2 Å². The number of hydrogen-bond acceptors (Lipinski definition) is 3. The van der Waals surface area contributed by atoms with Crippen LogP contribution in [0.1, 0.15) is 42.4 Å². The summed E-state index contributed by atoms with van der Waals surface area (Å²) in [5.74, 6) is 1.81. The topological polar surface area (TPSA) is 35.5 Å². The molecule has 2 aromatic rings. The van der Waals surface area contributed by atoms with Crippen LogP contribution in [0.25, 0.3) is 0 Å². The number of carbonyl (C=O) groups excluding carboxylic acids is 1. The standard InChI is InChI=1S/C20H22O3/c1-14(21)23-18-8-6-15(7-9-18)12-16-4-3-5-17-13-19(22-2)10-11-20(16)17/h6-11,13,16H,3-5,12H2,1-2H3/t16-/m1/s1. The van der Waals surface area contributed by atoms with Gasteiger partial charge in [0, 0.05) is 6.92 Å². The summed E-state index contributed by atoms with van der Waals surface area (Å²) >= 11 is 0. The number of fused-ring (bicyclic) bond motifs is 1. The molecule has 1 aliphatic carbocycles. The van der Waals surface area contributed by atoms with E-state index in [9.17, 15) is 4.79 Å². The molecule has 0 saturated heterocycles. The van der Waals surface area contributed by atoms with E-state index in [2.05, 4.69) is 30.3 Å². The molecular formula is C20H22O3. The molecule has 0 bridgehead atoms. The lowest BCUT2D eigenvalue weighted by molar-refractivity contribution is -0.131. The largest absolute Gasteiger partial charge is 0.497 e. The molecule has 0 unspecified atom stereocenters. The van der Waals surface area contributed by atoms with Gasteiger partial charge in [0.05, 0.1) is 7.11 Å². The number of carbonyl (C=O) groups is 1. The molecule has 0 aromatic heterocycles. The van der Waals surface area contributed by atoms with E-state index < -0.39 is 0 Å². The van der Waals surface area contributed by atoms with Crippen molar-refractivity contribution in [3.05, 3.63) is 59.2 Å². The van der Waals surface area contributed by atoms with E-state index in [1.54, 1.807) is 7.11 Å². The van der Waals surface area contributed by atoms with Crippen LogP contribution in [0.3, 0.4) is 0 Å². The molecule has 0 aliphatic heterocycles. The van der Waals surface area contributed by atoms with Crippen LogP contribution >= 0.6 is 0 Å². The van der Waals surface area contributed by atoms with Crippen LogP contribution in [0, 0.1) is 0 Å². The average Bonchev–Trinajstić information content (AvgIpc) is 2.56. The van der Waals surface area contributed by atoms with Crippen LogP contribution in [0.5, 0.6) is 11.5 Å². The second kappa shape index (κ2) is 6.86. The summed E-state index contributed by atoms with van der Waals surface area (Å²) < 4.78 is 10.4. The molecule has 0 saturated carbocycles. The van der Waals surface area contributed by atoms with E-state index in [-0.39, 0.29) is 5.97 Å². The third-order valence-corrected chi connectivity index (χ3v) is 4.46. The number of benzene rings is 2. The average molecular weight is 310 g/mol. The Balaban J connectivity index is 1.75. The third kappa shape index (κ3) is 3.73. The summed E-state index contributed by atoms with van der Waals surface area (Å²) in [6.07, 6.45) is 4.58. The zero-order valence-electron chi connectivity index (χ0n) is 13.7. The maximum absolute atomic E-state index is 11.0. The molecule has 1 aliphatic rings. The quantitative estimate of drug-likeness (QED) is 0.624. The van der Waals surface area contributed by atoms with Gasteiger partial charge in [-0.05, 0) is 72.6 Å². The Morgan fingerprint density at radius 3 is 2.57 bits per heavy atom. The van der Waals surface area contributed by atoms with E-state index in [4.69, 9.17) is 9.47 Å². The van der Waals surface area contributed by atoms with Crippen molar-refractivity contribution < 1.29 is 14.3 Å². The second-order valence-electron chi connectivity index (χ2n) is 6.10. The number of ether oxygens (including phenoxy) is 2. The van der Waals surface area contributed by atoms with Gasteiger partial charge >= 0.3 is 5.97 Å². The van der Waals surface area contributed by atoms with E-state index in [1.807, 2.05) is 12.1 Å². The lowest BCUT2D eigenvalue weighted by atomic mass is 9.79. The minimum atomic E-state index is -0.284. The van der Waals surface area contributed by atoms with Gasteiger partial charge in [0.15, 0.2) is 0 Å². The number of methoxy groups -OCH3 is 1. The monoisotopic (exact) mass is 310 g/mol. The van der Waals surface area contributed by atoms with Crippen molar-refractivity contribution in [3.63, 3.8) is 0 Å². The van der Waals surface area contributed by atoms with Crippen molar-refractivity contribution in [1.29, 1.82) is 0 Å². The molecule has 0 amide bonds. The summed E-state index contributed by atoms with van der Waals surface area (Å²) in [5.41, 5.74) is 4.13. The summed E-state index contributed by atoms with van der Waals surface area (Å²) in [6, 6.07) is 14.3. The molecule has 3 rings (SSSR count). The highest BCUT2D eigenvalue weighted by Gasteiger charge is 2.21. The number of esters is 1. The first-order valence-electron chi connectivity index (χ1n) is 8.10. The van der Waals surface area contributed by atoms with Crippen molar-refractivity contribution in [3.8, 4) is 11.5 Å². The molecule has 0 heterocycles. The first-order chi connectivity index (χ1) is 11.2. The van der Waals surface area contributed by atoms with Crippen molar-refractivity contribution >= 4 is 5.97 Å². The summed E-state index contributed by atoms with van der Waals surface area (Å²) in [7, 11) is 1.71. The summed E-state index contributed by atoms with van der Waals surface area (Å²) in [5, 5.41) is 0. The van der Waals surface area contributed by atoms with Crippen LogP contribution in [0.15, 0.2) is 42.5 Å². The van der Waals surface area contributed by atoms with E-state index >= 15 is 0 Å². The van der Waals surface area contributed by atoms with Gasteiger partial charge in [0.25, 0.3) is 0 Å². The molecule has 0 radical (unpaired) electrons. The normalized spacial score (nSPS) is 16.5. The Bertz CT molecular complexity index is 689. The Hall–Kier alpha value is -2.29. The van der Waals surface area contributed by atoms with Crippen molar-refractivity contribution in [2.24, 2.45) is 0 Å². The molecule has 2 aromatic carbocycles. The fourth-order valence-electron chi connectivity index (χ4n) is 3.37. The van der Waals surface area contributed by atoms with Gasteiger partial charge in [-0.25, -0.2) is 0 Å². The predicted octanol–water partition coefficient (Wildman–Crippen LogP) is 4.28. The van der Waals surface area contributed by atoms with Gasteiger partial charge in [-0.2, -0.15) is 0 Å². The SMILES string of the molecule is COc1ccc2c(c1)CCC[C@@H]2Cc1ccc(OC(C)=O)cc1. The molecule has 1 atom stereocenters. The molecule has 3 nitrogen and oxygen atoms in total. The van der Waals surface area contributed by atoms with E-state index in [0.717, 1.165) is 18.6 Å². The maximum Gasteiger partial charge on any atom is 0.308 e. The van der Waals surface area contributed by atoms with Crippen LogP contribution in [-0.4, -0.2) is 13.1 Å². The van der Waals surface area contributed by atoms with Crippen molar-refractivity contribution in [1.82, 2.24) is 0 Å². The molecule has 3 heteroatoms. The van der Waals surface area contributed by atoms with Crippen LogP contribution in [0.4, 0.5) is 0 Å². The Morgan fingerprint density at radius 2 is 1.87 bits per heavy atom. The zero-order chi connectivity index (χ0) is 16.2. The Morgan fingerprint density at radius 1 is 1.13 bits per heavy atom. The summed E-state index contributed by atoms with van der Waals surface area (Å²) in [6.45, 7) is 1.42. The van der Waals surface area contributed by atoms with Gasteiger partial charge in [0.1, 0.15) is 11.5 Å². The van der Waals surface area contributed by atoms with Crippen LogP contribution < -0.4 is 9.47 Å².